The van der Waals surface area contributed by atoms with E-state index in [0.717, 1.165) is 15.7 Å². The van der Waals surface area contributed by atoms with Crippen LogP contribution >= 0.6 is 27.5 Å². The summed E-state index contributed by atoms with van der Waals surface area (Å²) in [5, 5.41) is 7.66. The topological polar surface area (TPSA) is 53.5 Å². The van der Waals surface area contributed by atoms with E-state index in [2.05, 4.69) is 31.8 Å². The second kappa shape index (κ2) is 7.96. The van der Waals surface area contributed by atoms with Gasteiger partial charge in [0.1, 0.15) is 6.04 Å². The summed E-state index contributed by atoms with van der Waals surface area (Å²) in [6, 6.07) is 14.4. The van der Waals surface area contributed by atoms with E-state index in [1.54, 1.807) is 25.3 Å². The number of nitrogens with zero attached hydrogens (tertiary/aromatic N) is 1. The van der Waals surface area contributed by atoms with Crippen molar-refractivity contribution in [2.24, 2.45) is 5.10 Å². The Balaban J connectivity index is 1.89. The van der Waals surface area contributed by atoms with E-state index in [-0.39, 0.29) is 5.91 Å². The first-order valence-electron chi connectivity index (χ1n) is 6.65. The summed E-state index contributed by atoms with van der Waals surface area (Å²) in [6.45, 7) is 1.77. The maximum atomic E-state index is 12.0. The number of nitrogens with one attached hydrogen (secondary N) is 2. The number of carbonyl (C=O) groups excluding carboxylic acids is 1. The quantitative estimate of drug-likeness (QED) is 0.607. The smallest absolute Gasteiger partial charge is 0.262 e. The highest BCUT2D eigenvalue weighted by Crippen LogP contribution is 2.16. The second-order valence-electron chi connectivity index (χ2n) is 4.67. The molecule has 6 heteroatoms. The summed E-state index contributed by atoms with van der Waals surface area (Å²) in [5.74, 6) is -0.224. The van der Waals surface area contributed by atoms with Crippen molar-refractivity contribution < 1.29 is 4.79 Å². The molecule has 0 heterocycles. The lowest BCUT2D eigenvalue weighted by Crippen LogP contribution is -2.34. The summed E-state index contributed by atoms with van der Waals surface area (Å²) in [6.07, 6.45) is 1.55. The van der Waals surface area contributed by atoms with E-state index in [0.29, 0.717) is 5.02 Å². The van der Waals surface area contributed by atoms with Crippen molar-refractivity contribution in [1.29, 1.82) is 0 Å². The van der Waals surface area contributed by atoms with Crippen LogP contribution in [0.4, 0.5) is 5.69 Å². The SMILES string of the molecule is CC(Nc1cccc(Br)c1)C(=O)N/N=C\c1cccc(Cl)c1. The molecule has 0 radical (unpaired) electrons. The molecule has 114 valence electrons. The zero-order valence-corrected chi connectivity index (χ0v) is 14.2. The minimum Gasteiger partial charge on any atom is -0.374 e. The van der Waals surface area contributed by atoms with Crippen LogP contribution in [0.5, 0.6) is 0 Å². The van der Waals surface area contributed by atoms with E-state index >= 15 is 0 Å². The number of carbonyl (C=O) groups is 1. The molecule has 0 fully saturated rings. The Morgan fingerprint density at radius 2 is 2.05 bits per heavy atom. The van der Waals surface area contributed by atoms with Crippen LogP contribution in [-0.4, -0.2) is 18.2 Å². The summed E-state index contributed by atoms with van der Waals surface area (Å²) in [4.78, 5) is 12.0. The lowest BCUT2D eigenvalue weighted by molar-refractivity contribution is -0.121. The molecule has 0 saturated carbocycles. The van der Waals surface area contributed by atoms with Gasteiger partial charge >= 0.3 is 0 Å². The van der Waals surface area contributed by atoms with Crippen molar-refractivity contribution in [3.8, 4) is 0 Å². The normalized spacial score (nSPS) is 12.1. The molecule has 2 N–H and O–H groups in total. The van der Waals surface area contributed by atoms with Crippen LogP contribution in [0.1, 0.15) is 12.5 Å². The average molecular weight is 381 g/mol. The number of hydrazone groups is 1. The van der Waals surface area contributed by atoms with Gasteiger partial charge in [-0.05, 0) is 42.8 Å². The van der Waals surface area contributed by atoms with Crippen LogP contribution in [0, 0.1) is 0 Å². The van der Waals surface area contributed by atoms with Gasteiger partial charge in [0.2, 0.25) is 0 Å². The van der Waals surface area contributed by atoms with Gasteiger partial charge in [-0.3, -0.25) is 4.79 Å². The van der Waals surface area contributed by atoms with Gasteiger partial charge in [0.05, 0.1) is 6.21 Å². The Morgan fingerprint density at radius 1 is 1.27 bits per heavy atom. The van der Waals surface area contributed by atoms with Crippen LogP contribution < -0.4 is 10.7 Å². The van der Waals surface area contributed by atoms with Gasteiger partial charge in [-0.15, -0.1) is 0 Å². The molecule has 4 nitrogen and oxygen atoms in total. The molecule has 1 atom stereocenters. The fourth-order valence-corrected chi connectivity index (χ4v) is 2.35. The summed E-state index contributed by atoms with van der Waals surface area (Å²) in [7, 11) is 0. The van der Waals surface area contributed by atoms with Gasteiger partial charge in [0.25, 0.3) is 5.91 Å². The number of hydrogen-bond donors (Lipinski definition) is 2. The van der Waals surface area contributed by atoms with Crippen LogP contribution in [0.2, 0.25) is 5.02 Å². The highest BCUT2D eigenvalue weighted by Gasteiger charge is 2.11. The highest BCUT2D eigenvalue weighted by atomic mass is 79.9. The van der Waals surface area contributed by atoms with E-state index in [9.17, 15) is 4.79 Å². The summed E-state index contributed by atoms with van der Waals surface area (Å²) in [5.41, 5.74) is 4.18. The lowest BCUT2D eigenvalue weighted by atomic mass is 10.2. The maximum absolute atomic E-state index is 12.0. The molecule has 0 aliphatic carbocycles. The third-order valence-electron chi connectivity index (χ3n) is 2.84. The molecule has 0 aliphatic rings. The van der Waals surface area contributed by atoms with Gasteiger partial charge in [0.15, 0.2) is 0 Å². The van der Waals surface area contributed by atoms with Crippen molar-refractivity contribution in [3.05, 3.63) is 63.6 Å². The molecule has 1 amide bonds. The van der Waals surface area contributed by atoms with Crippen LogP contribution in [0.3, 0.4) is 0 Å². The predicted octanol–water partition coefficient (Wildman–Crippen LogP) is 4.05. The van der Waals surface area contributed by atoms with Gasteiger partial charge in [-0.25, -0.2) is 5.43 Å². The number of rotatable bonds is 5. The molecule has 0 bridgehead atoms. The molecule has 1 unspecified atom stereocenters. The standard InChI is InChI=1S/C16H15BrClN3O/c1-11(20-15-7-3-5-13(17)9-15)16(22)21-19-10-12-4-2-6-14(18)8-12/h2-11,20H,1H3,(H,21,22)/b19-10-. The summed E-state index contributed by atoms with van der Waals surface area (Å²) >= 11 is 9.26. The molecular weight excluding hydrogens is 366 g/mol. The van der Waals surface area contributed by atoms with E-state index in [1.807, 2.05) is 36.4 Å². The van der Waals surface area contributed by atoms with Gasteiger partial charge in [-0.2, -0.15) is 5.10 Å². The van der Waals surface area contributed by atoms with Crippen LogP contribution in [0.15, 0.2) is 58.1 Å². The molecule has 0 aromatic heterocycles. The molecule has 2 aromatic carbocycles. The number of halogens is 2. The molecule has 0 saturated heterocycles. The zero-order chi connectivity index (χ0) is 15.9. The first kappa shape index (κ1) is 16.5. The first-order chi connectivity index (χ1) is 10.5. The average Bonchev–Trinajstić information content (AvgIpc) is 2.47. The van der Waals surface area contributed by atoms with Gasteiger partial charge in [0, 0.05) is 15.2 Å². The maximum Gasteiger partial charge on any atom is 0.262 e. The van der Waals surface area contributed by atoms with Crippen molar-refractivity contribution >= 4 is 45.3 Å². The molecule has 2 rings (SSSR count). The van der Waals surface area contributed by atoms with Gasteiger partial charge < -0.3 is 5.32 Å². The van der Waals surface area contributed by atoms with Crippen molar-refractivity contribution in [2.75, 3.05) is 5.32 Å². The Morgan fingerprint density at radius 3 is 2.77 bits per heavy atom. The van der Waals surface area contributed by atoms with E-state index in [4.69, 9.17) is 11.6 Å². The third kappa shape index (κ3) is 5.16. The van der Waals surface area contributed by atoms with E-state index < -0.39 is 6.04 Å². The van der Waals surface area contributed by atoms with Crippen molar-refractivity contribution in [3.63, 3.8) is 0 Å². The lowest BCUT2D eigenvalue weighted by Gasteiger charge is -2.13. The number of hydrogen-bond acceptors (Lipinski definition) is 3. The number of benzene rings is 2. The van der Waals surface area contributed by atoms with Crippen molar-refractivity contribution in [2.45, 2.75) is 13.0 Å². The molecule has 0 spiro atoms. The van der Waals surface area contributed by atoms with Gasteiger partial charge in [-0.1, -0.05) is 45.7 Å². The minimum atomic E-state index is -0.411. The number of amides is 1. The zero-order valence-electron chi connectivity index (χ0n) is 11.9. The monoisotopic (exact) mass is 379 g/mol. The van der Waals surface area contributed by atoms with Crippen molar-refractivity contribution in [1.82, 2.24) is 5.43 Å². The molecule has 22 heavy (non-hydrogen) atoms. The largest absolute Gasteiger partial charge is 0.374 e. The first-order valence-corrected chi connectivity index (χ1v) is 7.82. The fraction of sp³-hybridized carbons (Fsp3) is 0.125. The fourth-order valence-electron chi connectivity index (χ4n) is 1.75. The molecule has 2 aromatic rings. The second-order valence-corrected chi connectivity index (χ2v) is 6.02. The Labute approximate surface area is 142 Å². The summed E-state index contributed by atoms with van der Waals surface area (Å²) < 4.78 is 0.948. The Hall–Kier alpha value is -1.85. The van der Waals surface area contributed by atoms with Crippen LogP contribution in [0.25, 0.3) is 0 Å². The molecule has 0 aliphatic heterocycles. The third-order valence-corrected chi connectivity index (χ3v) is 3.57. The predicted molar refractivity (Wildman–Crippen MR) is 94.4 cm³/mol. The minimum absolute atomic E-state index is 0.224. The Bertz CT molecular complexity index is 691. The highest BCUT2D eigenvalue weighted by molar-refractivity contribution is 9.10. The number of anilines is 1. The van der Waals surface area contributed by atoms with Crippen LogP contribution in [-0.2, 0) is 4.79 Å². The Kier molecular flexibility index (Phi) is 5.98. The van der Waals surface area contributed by atoms with E-state index in [1.165, 1.54) is 0 Å². The molecular formula is C16H15BrClN3O.